The maximum atomic E-state index is 11.0. The highest BCUT2D eigenvalue weighted by molar-refractivity contribution is 6.30. The Morgan fingerprint density at radius 1 is 1.23 bits per heavy atom. The number of carboxylic acids is 1. The van der Waals surface area contributed by atoms with Gasteiger partial charge in [0.2, 0.25) is 0 Å². The third-order valence-electron chi connectivity index (χ3n) is 3.47. The average molecular weight is 320 g/mol. The molecule has 3 N–H and O–H groups in total. The number of methoxy groups -OCH3 is 1. The van der Waals surface area contributed by atoms with Crippen molar-refractivity contribution in [2.45, 2.75) is 18.6 Å². The largest absolute Gasteiger partial charge is 0.479 e. The van der Waals surface area contributed by atoms with E-state index >= 15 is 0 Å². The lowest BCUT2D eigenvalue weighted by molar-refractivity contribution is -0.149. The second kappa shape index (κ2) is 7.40. The monoisotopic (exact) mass is 319 g/mol. The van der Waals surface area contributed by atoms with Gasteiger partial charge in [-0.15, -0.1) is 0 Å². The van der Waals surface area contributed by atoms with Gasteiger partial charge in [-0.3, -0.25) is 0 Å². The SMILES string of the molecule is CO[C@@H](C(=O)O)C(N)Cc1ccc(-c2cccc(Cl)c2)cc1. The van der Waals surface area contributed by atoms with Crippen molar-refractivity contribution in [3.8, 4) is 11.1 Å². The molecule has 5 heteroatoms. The number of halogens is 1. The van der Waals surface area contributed by atoms with Gasteiger partial charge in [-0.25, -0.2) is 4.79 Å². The summed E-state index contributed by atoms with van der Waals surface area (Å²) in [5.41, 5.74) is 8.94. The smallest absolute Gasteiger partial charge is 0.334 e. The minimum absolute atomic E-state index is 0.431. The number of hydrogen-bond acceptors (Lipinski definition) is 3. The van der Waals surface area contributed by atoms with Gasteiger partial charge < -0.3 is 15.6 Å². The molecule has 2 aromatic rings. The van der Waals surface area contributed by atoms with E-state index in [0.717, 1.165) is 16.7 Å². The first kappa shape index (κ1) is 16.5. The van der Waals surface area contributed by atoms with Crippen molar-refractivity contribution < 1.29 is 14.6 Å². The molecule has 0 bridgehead atoms. The third kappa shape index (κ3) is 4.07. The minimum Gasteiger partial charge on any atom is -0.479 e. The fraction of sp³-hybridized carbons (Fsp3) is 0.235. The zero-order chi connectivity index (χ0) is 16.1. The molecule has 2 aromatic carbocycles. The second-order valence-electron chi connectivity index (χ2n) is 5.07. The predicted molar refractivity (Wildman–Crippen MR) is 87.0 cm³/mol. The standard InChI is InChI=1S/C17H18ClNO3/c1-22-16(17(20)21)15(19)9-11-5-7-12(8-6-11)13-3-2-4-14(18)10-13/h2-8,10,15-16H,9,19H2,1H3,(H,20,21)/t15?,16-/m1/s1. The Morgan fingerprint density at radius 3 is 2.45 bits per heavy atom. The van der Waals surface area contributed by atoms with E-state index in [0.29, 0.717) is 11.4 Å². The number of rotatable bonds is 6. The molecule has 2 atom stereocenters. The van der Waals surface area contributed by atoms with Crippen molar-refractivity contribution in [1.82, 2.24) is 0 Å². The molecule has 0 amide bonds. The van der Waals surface area contributed by atoms with Crippen molar-refractivity contribution in [1.29, 1.82) is 0 Å². The number of hydrogen-bond donors (Lipinski definition) is 2. The molecule has 0 aliphatic rings. The molecule has 2 rings (SSSR count). The van der Waals surface area contributed by atoms with Crippen molar-refractivity contribution >= 4 is 17.6 Å². The van der Waals surface area contributed by atoms with E-state index in [1.165, 1.54) is 7.11 Å². The molecule has 0 radical (unpaired) electrons. The number of nitrogens with two attached hydrogens (primary N) is 1. The van der Waals surface area contributed by atoms with Crippen LogP contribution in [-0.2, 0) is 16.0 Å². The van der Waals surface area contributed by atoms with E-state index in [4.69, 9.17) is 27.2 Å². The summed E-state index contributed by atoms with van der Waals surface area (Å²) in [7, 11) is 1.35. The first-order valence-corrected chi connectivity index (χ1v) is 7.25. The zero-order valence-electron chi connectivity index (χ0n) is 12.2. The molecule has 0 saturated carbocycles. The Hall–Kier alpha value is -1.88. The van der Waals surface area contributed by atoms with Crippen LogP contribution in [0.2, 0.25) is 5.02 Å². The molecule has 0 aromatic heterocycles. The molecular formula is C17H18ClNO3. The van der Waals surface area contributed by atoms with Gasteiger partial charge in [-0.1, -0.05) is 48.0 Å². The molecule has 1 unspecified atom stereocenters. The molecule has 0 heterocycles. The molecule has 0 aliphatic carbocycles. The lowest BCUT2D eigenvalue weighted by Gasteiger charge is -2.18. The summed E-state index contributed by atoms with van der Waals surface area (Å²) in [6.45, 7) is 0. The quantitative estimate of drug-likeness (QED) is 0.858. The molecule has 22 heavy (non-hydrogen) atoms. The topological polar surface area (TPSA) is 72.5 Å². The fourth-order valence-corrected chi connectivity index (χ4v) is 2.53. The molecule has 0 spiro atoms. The predicted octanol–water partition coefficient (Wildman–Crippen LogP) is 2.98. The molecule has 0 saturated heterocycles. The highest BCUT2D eigenvalue weighted by atomic mass is 35.5. The third-order valence-corrected chi connectivity index (χ3v) is 3.70. The van der Waals surface area contributed by atoms with Crippen LogP contribution in [-0.4, -0.2) is 30.3 Å². The van der Waals surface area contributed by atoms with Crippen molar-refractivity contribution in [3.05, 3.63) is 59.1 Å². The summed E-state index contributed by atoms with van der Waals surface area (Å²) in [4.78, 5) is 11.0. The highest BCUT2D eigenvalue weighted by Gasteiger charge is 2.24. The molecule has 0 fully saturated rings. The van der Waals surface area contributed by atoms with Gasteiger partial charge in [0, 0.05) is 18.2 Å². The maximum Gasteiger partial charge on any atom is 0.334 e. The summed E-state index contributed by atoms with van der Waals surface area (Å²) in [5.74, 6) is -1.05. The summed E-state index contributed by atoms with van der Waals surface area (Å²) in [6.07, 6.45) is -0.576. The average Bonchev–Trinajstić information content (AvgIpc) is 2.48. The van der Waals surface area contributed by atoms with Crippen molar-refractivity contribution in [2.24, 2.45) is 5.73 Å². The van der Waals surface area contributed by atoms with Crippen LogP contribution in [0.1, 0.15) is 5.56 Å². The van der Waals surface area contributed by atoms with Crippen LogP contribution >= 0.6 is 11.6 Å². The summed E-state index contributed by atoms with van der Waals surface area (Å²) in [6, 6.07) is 14.8. The Morgan fingerprint density at radius 2 is 1.91 bits per heavy atom. The maximum absolute atomic E-state index is 11.0. The van der Waals surface area contributed by atoms with Gasteiger partial charge in [0.1, 0.15) is 0 Å². The Labute approximate surface area is 134 Å². The second-order valence-corrected chi connectivity index (χ2v) is 5.51. The normalized spacial score (nSPS) is 13.6. The molecule has 116 valence electrons. The van der Waals surface area contributed by atoms with E-state index in [-0.39, 0.29) is 0 Å². The van der Waals surface area contributed by atoms with E-state index in [9.17, 15) is 4.79 Å². The molecule has 0 aliphatic heterocycles. The van der Waals surface area contributed by atoms with E-state index < -0.39 is 18.1 Å². The minimum atomic E-state index is -1.05. The van der Waals surface area contributed by atoms with Gasteiger partial charge in [0.25, 0.3) is 0 Å². The van der Waals surface area contributed by atoms with Gasteiger partial charge in [-0.05, 0) is 35.2 Å². The Kier molecular flexibility index (Phi) is 5.55. The molecular weight excluding hydrogens is 302 g/mol. The van der Waals surface area contributed by atoms with Crippen molar-refractivity contribution in [2.75, 3.05) is 7.11 Å². The van der Waals surface area contributed by atoms with Gasteiger partial charge in [0.15, 0.2) is 6.10 Å². The Bertz CT molecular complexity index is 643. The zero-order valence-corrected chi connectivity index (χ0v) is 13.0. The van der Waals surface area contributed by atoms with Crippen LogP contribution in [0.5, 0.6) is 0 Å². The summed E-state index contributed by atoms with van der Waals surface area (Å²) < 4.78 is 4.91. The first-order chi connectivity index (χ1) is 10.5. The van der Waals surface area contributed by atoms with Gasteiger partial charge >= 0.3 is 5.97 Å². The van der Waals surface area contributed by atoms with Crippen LogP contribution in [0, 0.1) is 0 Å². The number of carbonyl (C=O) groups is 1. The van der Waals surface area contributed by atoms with E-state index in [1.807, 2.05) is 48.5 Å². The first-order valence-electron chi connectivity index (χ1n) is 6.87. The number of aliphatic carboxylic acids is 1. The number of carboxylic acid groups (broad SMARTS) is 1. The van der Waals surface area contributed by atoms with Gasteiger partial charge in [-0.2, -0.15) is 0 Å². The van der Waals surface area contributed by atoms with Crippen molar-refractivity contribution in [3.63, 3.8) is 0 Å². The Balaban J connectivity index is 2.10. The molecule has 4 nitrogen and oxygen atoms in total. The van der Waals surface area contributed by atoms with Gasteiger partial charge in [0.05, 0.1) is 0 Å². The lowest BCUT2D eigenvalue weighted by Crippen LogP contribution is -2.43. The van der Waals surface area contributed by atoms with Crippen LogP contribution in [0.4, 0.5) is 0 Å². The van der Waals surface area contributed by atoms with E-state index in [1.54, 1.807) is 0 Å². The highest BCUT2D eigenvalue weighted by Crippen LogP contribution is 2.23. The summed E-state index contributed by atoms with van der Waals surface area (Å²) in [5, 5.41) is 9.71. The number of benzene rings is 2. The summed E-state index contributed by atoms with van der Waals surface area (Å²) >= 11 is 5.99. The fourth-order valence-electron chi connectivity index (χ4n) is 2.34. The number of ether oxygens (including phenoxy) is 1. The van der Waals surface area contributed by atoms with Crippen LogP contribution < -0.4 is 5.73 Å². The van der Waals surface area contributed by atoms with Crippen LogP contribution in [0.3, 0.4) is 0 Å². The lowest BCUT2D eigenvalue weighted by atomic mass is 9.99. The van der Waals surface area contributed by atoms with Crippen LogP contribution in [0.25, 0.3) is 11.1 Å². The van der Waals surface area contributed by atoms with E-state index in [2.05, 4.69) is 0 Å². The van der Waals surface area contributed by atoms with Crippen LogP contribution in [0.15, 0.2) is 48.5 Å².